The first kappa shape index (κ1) is 22.2. The van der Waals surface area contributed by atoms with E-state index in [1.54, 1.807) is 0 Å². The highest BCUT2D eigenvalue weighted by atomic mass is 79.9. The predicted molar refractivity (Wildman–Crippen MR) is 131 cm³/mol. The van der Waals surface area contributed by atoms with Crippen molar-refractivity contribution in [3.05, 3.63) is 65.0 Å². The molecule has 4 aromatic rings. The molecule has 9 nitrogen and oxygen atoms in total. The summed E-state index contributed by atoms with van der Waals surface area (Å²) in [5.74, 6) is 0.0600. The van der Waals surface area contributed by atoms with Crippen LogP contribution >= 0.6 is 15.9 Å². The molecule has 1 amide bonds. The lowest BCUT2D eigenvalue weighted by atomic mass is 9.95. The fourth-order valence-corrected chi connectivity index (χ4v) is 4.36. The third-order valence-corrected chi connectivity index (χ3v) is 6.10. The number of carbonyl (C=O) groups excluding carboxylic acids is 1. The summed E-state index contributed by atoms with van der Waals surface area (Å²) in [5, 5.41) is 14.0. The van der Waals surface area contributed by atoms with Crippen molar-refractivity contribution in [3.63, 3.8) is 0 Å². The van der Waals surface area contributed by atoms with Gasteiger partial charge in [-0.15, -0.1) is 5.10 Å². The molecule has 0 aromatic carbocycles. The fraction of sp³-hybridized carbons (Fsp3) is 0.261. The Morgan fingerprint density at radius 1 is 1.09 bits per heavy atom. The zero-order valence-corrected chi connectivity index (χ0v) is 19.7. The van der Waals surface area contributed by atoms with E-state index < -0.39 is 11.7 Å². The Kier molecular flexibility index (Phi) is 6.35. The van der Waals surface area contributed by atoms with Crippen LogP contribution < -0.4 is 16.0 Å². The van der Waals surface area contributed by atoms with Crippen LogP contribution in [0.25, 0.3) is 5.65 Å². The van der Waals surface area contributed by atoms with Crippen LogP contribution in [0.2, 0.25) is 0 Å². The lowest BCUT2D eigenvalue weighted by Crippen LogP contribution is -2.24. The normalized spacial score (nSPS) is 14.2. The second kappa shape index (κ2) is 9.72. The highest BCUT2D eigenvalue weighted by molar-refractivity contribution is 9.10. The second-order valence-corrected chi connectivity index (χ2v) is 8.89. The monoisotopic (exact) mass is 524 g/mol. The van der Waals surface area contributed by atoms with E-state index in [1.165, 1.54) is 42.2 Å². The number of nitrogens with one attached hydrogen (secondary N) is 3. The Bertz CT molecular complexity index is 1340. The molecule has 3 N–H and O–H groups in total. The zero-order valence-electron chi connectivity index (χ0n) is 18.1. The van der Waals surface area contributed by atoms with E-state index in [0.717, 1.165) is 19.0 Å². The Morgan fingerprint density at radius 2 is 1.94 bits per heavy atom. The third kappa shape index (κ3) is 4.84. The van der Waals surface area contributed by atoms with Gasteiger partial charge in [-0.3, -0.25) is 9.78 Å². The Labute approximate surface area is 203 Å². The van der Waals surface area contributed by atoms with Gasteiger partial charge in [0.15, 0.2) is 17.2 Å². The van der Waals surface area contributed by atoms with Gasteiger partial charge in [0.1, 0.15) is 16.2 Å². The Morgan fingerprint density at radius 3 is 2.74 bits per heavy atom. The fourth-order valence-electron chi connectivity index (χ4n) is 4.02. The van der Waals surface area contributed by atoms with Crippen molar-refractivity contribution in [2.45, 2.75) is 38.1 Å². The number of fused-ring (bicyclic) bond motifs is 1. The molecular formula is C23H22BrFN8O. The molecule has 4 heterocycles. The zero-order chi connectivity index (χ0) is 23.5. The molecule has 11 heteroatoms. The Hall–Kier alpha value is -3.60. The number of nitrogens with zero attached hydrogens (tertiary/aromatic N) is 5. The molecule has 0 radical (unpaired) electrons. The molecule has 0 spiro atoms. The smallest absolute Gasteiger partial charge is 0.276 e. The van der Waals surface area contributed by atoms with Crippen molar-refractivity contribution in [1.82, 2.24) is 24.6 Å². The number of aromatic nitrogens is 5. The van der Waals surface area contributed by atoms with Crippen molar-refractivity contribution >= 4 is 50.5 Å². The summed E-state index contributed by atoms with van der Waals surface area (Å²) < 4.78 is 16.2. The van der Waals surface area contributed by atoms with Gasteiger partial charge in [0.2, 0.25) is 0 Å². The summed E-state index contributed by atoms with van der Waals surface area (Å²) in [7, 11) is 0. The molecule has 34 heavy (non-hydrogen) atoms. The van der Waals surface area contributed by atoms with Crippen LogP contribution in [0.5, 0.6) is 0 Å². The van der Waals surface area contributed by atoms with E-state index in [-0.39, 0.29) is 11.4 Å². The van der Waals surface area contributed by atoms with E-state index in [2.05, 4.69) is 51.9 Å². The second-order valence-electron chi connectivity index (χ2n) is 8.08. The molecule has 1 aliphatic rings. The SMILES string of the molecule is O=C(Nc1ccncc1F)c1cnc2c(Nc3cccc(Br)n3)cc(NC3CCCCC3)nn12. The number of carbonyl (C=O) groups is 1. The summed E-state index contributed by atoms with van der Waals surface area (Å²) >= 11 is 3.38. The summed E-state index contributed by atoms with van der Waals surface area (Å²) in [6.07, 6.45) is 9.57. The molecule has 4 aromatic heterocycles. The standard InChI is InChI=1S/C23H22BrFN8O/c24-19-7-4-8-20(31-19)29-17-11-21(28-14-5-2-1-3-6-14)32-33-18(13-27-22(17)33)23(34)30-16-9-10-26-12-15(16)25/h4,7-14H,1-3,5-6H2,(H,28,32)(H,29,31)(H,26,30,34). The predicted octanol–water partition coefficient (Wildman–Crippen LogP) is 5.16. The van der Waals surface area contributed by atoms with Crippen LogP contribution in [0.4, 0.5) is 27.4 Å². The van der Waals surface area contributed by atoms with Gasteiger partial charge in [-0.05, 0) is 47.0 Å². The molecule has 0 saturated heterocycles. The van der Waals surface area contributed by atoms with Crippen molar-refractivity contribution < 1.29 is 9.18 Å². The van der Waals surface area contributed by atoms with Crippen LogP contribution in [-0.2, 0) is 0 Å². The number of amides is 1. The largest absolute Gasteiger partial charge is 0.366 e. The molecule has 0 unspecified atom stereocenters. The van der Waals surface area contributed by atoms with Crippen molar-refractivity contribution in [2.75, 3.05) is 16.0 Å². The van der Waals surface area contributed by atoms with E-state index >= 15 is 0 Å². The van der Waals surface area contributed by atoms with Gasteiger partial charge in [0.05, 0.1) is 23.8 Å². The first-order chi connectivity index (χ1) is 16.6. The number of hydrogen-bond donors (Lipinski definition) is 3. The first-order valence-electron chi connectivity index (χ1n) is 11.0. The molecule has 0 bridgehead atoms. The molecule has 1 saturated carbocycles. The molecule has 5 rings (SSSR count). The van der Waals surface area contributed by atoms with Crippen molar-refractivity contribution in [1.29, 1.82) is 0 Å². The van der Waals surface area contributed by atoms with Gasteiger partial charge in [-0.2, -0.15) is 0 Å². The summed E-state index contributed by atoms with van der Waals surface area (Å²) in [4.78, 5) is 25.5. The van der Waals surface area contributed by atoms with E-state index in [9.17, 15) is 9.18 Å². The minimum atomic E-state index is -0.625. The number of imidazole rings is 1. The highest BCUT2D eigenvalue weighted by Crippen LogP contribution is 2.27. The van der Waals surface area contributed by atoms with Crippen LogP contribution in [0.3, 0.4) is 0 Å². The van der Waals surface area contributed by atoms with Gasteiger partial charge >= 0.3 is 0 Å². The number of rotatable bonds is 6. The maximum Gasteiger partial charge on any atom is 0.276 e. The van der Waals surface area contributed by atoms with Gasteiger partial charge in [0, 0.05) is 18.3 Å². The van der Waals surface area contributed by atoms with E-state index in [0.29, 0.717) is 33.6 Å². The minimum absolute atomic E-state index is 0.0307. The van der Waals surface area contributed by atoms with Gasteiger partial charge in [0.25, 0.3) is 5.91 Å². The lowest BCUT2D eigenvalue weighted by Gasteiger charge is -2.23. The average Bonchev–Trinajstić information content (AvgIpc) is 3.26. The van der Waals surface area contributed by atoms with E-state index in [1.807, 2.05) is 24.3 Å². The van der Waals surface area contributed by atoms with Crippen molar-refractivity contribution in [2.24, 2.45) is 0 Å². The quantitative estimate of drug-likeness (QED) is 0.299. The minimum Gasteiger partial charge on any atom is -0.366 e. The van der Waals surface area contributed by atoms with Crippen LogP contribution in [0.15, 0.2) is 53.5 Å². The van der Waals surface area contributed by atoms with Crippen LogP contribution in [0, 0.1) is 5.82 Å². The van der Waals surface area contributed by atoms with Gasteiger partial charge in [-0.1, -0.05) is 25.3 Å². The first-order valence-corrected chi connectivity index (χ1v) is 11.8. The molecule has 0 atom stereocenters. The molecule has 1 fully saturated rings. The molecular weight excluding hydrogens is 503 g/mol. The van der Waals surface area contributed by atoms with E-state index in [4.69, 9.17) is 0 Å². The van der Waals surface area contributed by atoms with Crippen molar-refractivity contribution in [3.8, 4) is 0 Å². The maximum absolute atomic E-state index is 14.0. The molecule has 0 aliphatic heterocycles. The van der Waals surface area contributed by atoms with Crippen LogP contribution in [0.1, 0.15) is 42.6 Å². The summed E-state index contributed by atoms with van der Waals surface area (Å²) in [6, 6.07) is 9.10. The van der Waals surface area contributed by atoms with Gasteiger partial charge in [-0.25, -0.2) is 18.9 Å². The van der Waals surface area contributed by atoms with Gasteiger partial charge < -0.3 is 16.0 Å². The number of pyridine rings is 2. The molecule has 1 aliphatic carbocycles. The molecule has 174 valence electrons. The number of halogens is 2. The van der Waals surface area contributed by atoms with Crippen LogP contribution in [-0.4, -0.2) is 36.5 Å². The number of anilines is 4. The summed E-state index contributed by atoms with van der Waals surface area (Å²) in [6.45, 7) is 0. The average molecular weight is 525 g/mol. The highest BCUT2D eigenvalue weighted by Gasteiger charge is 2.20. The summed E-state index contributed by atoms with van der Waals surface area (Å²) in [5.41, 5.74) is 1.27. The number of hydrogen-bond acceptors (Lipinski definition) is 7. The maximum atomic E-state index is 14.0. The third-order valence-electron chi connectivity index (χ3n) is 5.66. The lowest BCUT2D eigenvalue weighted by molar-refractivity contribution is 0.102. The Balaban J connectivity index is 1.52. The topological polar surface area (TPSA) is 109 Å².